The Labute approximate surface area is 124 Å². The number of nitrogens with zero attached hydrogens (tertiary/aromatic N) is 1. The summed E-state index contributed by atoms with van der Waals surface area (Å²) in [6, 6.07) is 0. The molecular formula is C12H20BNO3S. The van der Waals surface area contributed by atoms with Gasteiger partial charge in [0.25, 0.3) is 5.19 Å². The van der Waals surface area contributed by atoms with Crippen molar-refractivity contribution in [2.45, 2.75) is 52.1 Å². The molecule has 18 heavy (non-hydrogen) atoms. The second-order valence-electron chi connectivity index (χ2n) is 5.01. The van der Waals surface area contributed by atoms with E-state index < -0.39 is 44.3 Å². The maximum atomic E-state index is 8.01. The van der Waals surface area contributed by atoms with E-state index in [4.69, 9.17) is 25.0 Å². The van der Waals surface area contributed by atoms with Gasteiger partial charge in [-0.2, -0.15) is 0 Å². The molecule has 2 rings (SSSR count). The van der Waals surface area contributed by atoms with E-state index in [1.54, 1.807) is 27.7 Å². The summed E-state index contributed by atoms with van der Waals surface area (Å²) in [5, 5.41) is -0.377. The van der Waals surface area contributed by atoms with Crippen molar-refractivity contribution in [1.82, 2.24) is 4.98 Å². The summed E-state index contributed by atoms with van der Waals surface area (Å²) < 4.78 is 76.4. The minimum atomic E-state index is -3.03. The van der Waals surface area contributed by atoms with Crippen molar-refractivity contribution >= 4 is 23.2 Å². The van der Waals surface area contributed by atoms with Gasteiger partial charge in [0.05, 0.1) is 32.8 Å². The van der Waals surface area contributed by atoms with E-state index in [0.717, 1.165) is 0 Å². The molecule has 0 aromatic carbocycles. The van der Waals surface area contributed by atoms with Crippen molar-refractivity contribution in [3.63, 3.8) is 0 Å². The van der Waals surface area contributed by atoms with Crippen LogP contribution in [0.5, 0.6) is 5.19 Å². The van der Waals surface area contributed by atoms with E-state index in [1.165, 1.54) is 0 Å². The Bertz CT molecular complexity index is 669. The normalized spacial score (nSPS) is 30.1. The van der Waals surface area contributed by atoms with Crippen LogP contribution in [0.25, 0.3) is 0 Å². The molecule has 1 aromatic rings. The number of aryl methyl sites for hydroxylation is 1. The van der Waals surface area contributed by atoms with E-state index in [2.05, 4.69) is 4.98 Å². The molecule has 0 bridgehead atoms. The zero-order valence-corrected chi connectivity index (χ0v) is 11.5. The van der Waals surface area contributed by atoms with Crippen molar-refractivity contribution in [2.75, 3.05) is 7.04 Å². The Morgan fingerprint density at radius 3 is 2.61 bits per heavy atom. The first-order chi connectivity index (χ1) is 11.4. The van der Waals surface area contributed by atoms with Gasteiger partial charge in [0, 0.05) is 6.85 Å². The van der Waals surface area contributed by atoms with E-state index in [1.807, 2.05) is 0 Å². The van der Waals surface area contributed by atoms with Crippen molar-refractivity contribution in [1.29, 1.82) is 0 Å². The summed E-state index contributed by atoms with van der Waals surface area (Å²) in [4.78, 5) is 3.82. The number of methoxy groups -OCH3 is 1. The lowest BCUT2D eigenvalue weighted by molar-refractivity contribution is 0.00578. The molecule has 6 heteroatoms. The zero-order chi connectivity index (χ0) is 20.3. The van der Waals surface area contributed by atoms with Gasteiger partial charge in [-0.1, -0.05) is 18.2 Å². The zero-order valence-electron chi connectivity index (χ0n) is 18.7. The average Bonchev–Trinajstić information content (AvgIpc) is 2.85. The molecule has 1 aliphatic heterocycles. The SMILES string of the molecule is [2H]C([2H])([2H])Oc1nc(C([2H])([2H])C([2H])([2H])[2H])c(B2OC(C)(C)C(C)(C)O2)s1. The van der Waals surface area contributed by atoms with Crippen LogP contribution in [-0.4, -0.2) is 30.3 Å². The number of hydrogen-bond donors (Lipinski definition) is 0. The Balaban J connectivity index is 2.54. The number of aromatic nitrogens is 1. The first-order valence-electron chi connectivity index (χ1n) is 9.43. The van der Waals surface area contributed by atoms with Gasteiger partial charge in [-0.15, -0.1) is 0 Å². The van der Waals surface area contributed by atoms with Crippen LogP contribution >= 0.6 is 11.3 Å². The summed E-state index contributed by atoms with van der Waals surface area (Å²) in [5.41, 5.74) is -1.98. The molecular weight excluding hydrogens is 249 g/mol. The van der Waals surface area contributed by atoms with E-state index in [9.17, 15) is 0 Å². The molecule has 0 atom stereocenters. The summed E-state index contributed by atoms with van der Waals surface area (Å²) in [7, 11) is -3.91. The molecule has 0 spiro atoms. The highest BCUT2D eigenvalue weighted by molar-refractivity contribution is 7.23. The summed E-state index contributed by atoms with van der Waals surface area (Å²) >= 11 is 0.695. The van der Waals surface area contributed by atoms with Crippen LogP contribution in [0.15, 0.2) is 0 Å². The van der Waals surface area contributed by atoms with E-state index in [0.29, 0.717) is 11.3 Å². The highest BCUT2D eigenvalue weighted by Crippen LogP contribution is 2.37. The maximum absolute atomic E-state index is 8.01. The molecule has 1 aliphatic rings. The molecule has 0 radical (unpaired) electrons. The highest BCUT2D eigenvalue weighted by Gasteiger charge is 2.53. The molecule has 100 valence electrons. The lowest BCUT2D eigenvalue weighted by Gasteiger charge is -2.32. The Morgan fingerprint density at radius 1 is 1.39 bits per heavy atom. The van der Waals surface area contributed by atoms with Gasteiger partial charge in [0.1, 0.15) is 0 Å². The second kappa shape index (κ2) is 4.51. The molecule has 0 unspecified atom stereocenters. The average molecular weight is 277 g/mol. The molecule has 0 aliphatic carbocycles. The van der Waals surface area contributed by atoms with E-state index in [-0.39, 0.29) is 9.97 Å². The molecule has 1 aromatic heterocycles. The Kier molecular flexibility index (Phi) is 1.68. The van der Waals surface area contributed by atoms with Crippen LogP contribution in [0, 0.1) is 0 Å². The van der Waals surface area contributed by atoms with Gasteiger partial charge in [0.2, 0.25) is 0 Å². The number of rotatable bonds is 3. The first kappa shape index (κ1) is 6.73. The van der Waals surface area contributed by atoms with Crippen LogP contribution in [0.3, 0.4) is 0 Å². The van der Waals surface area contributed by atoms with E-state index >= 15 is 0 Å². The highest BCUT2D eigenvalue weighted by atomic mass is 32.1. The largest absolute Gasteiger partial charge is 0.507 e. The van der Waals surface area contributed by atoms with Crippen molar-refractivity contribution in [3.05, 3.63) is 5.69 Å². The maximum Gasteiger partial charge on any atom is 0.507 e. The molecule has 1 fully saturated rings. The van der Waals surface area contributed by atoms with Crippen molar-refractivity contribution < 1.29 is 25.0 Å². The summed E-state index contributed by atoms with van der Waals surface area (Å²) in [6.07, 6.45) is -2.85. The predicted octanol–water partition coefficient (Wildman–Crippen LogP) is 2.01. The molecule has 0 amide bonds. The van der Waals surface area contributed by atoms with Gasteiger partial charge in [-0.3, -0.25) is 0 Å². The Morgan fingerprint density at radius 2 is 2.06 bits per heavy atom. The Hall–Kier alpha value is -0.585. The minimum Gasteiger partial charge on any atom is -0.473 e. The van der Waals surface area contributed by atoms with Crippen molar-refractivity contribution in [2.24, 2.45) is 0 Å². The van der Waals surface area contributed by atoms with Crippen LogP contribution in [0.1, 0.15) is 51.2 Å². The number of hydrogen-bond acceptors (Lipinski definition) is 5. The third-order valence-corrected chi connectivity index (χ3v) is 4.26. The fourth-order valence-electron chi connectivity index (χ4n) is 1.55. The smallest absolute Gasteiger partial charge is 0.473 e. The standard InChI is InChI=1S/C12H20BNO3S/c1-7-8-9(18-10(14-8)15-6)13-16-11(2,3)12(4,5)17-13/h7H2,1-6H3/i1D3,6D3,7D2. The minimum absolute atomic E-state index is 0.0315. The van der Waals surface area contributed by atoms with Gasteiger partial charge < -0.3 is 14.0 Å². The van der Waals surface area contributed by atoms with Crippen LogP contribution in [0.4, 0.5) is 0 Å². The van der Waals surface area contributed by atoms with Gasteiger partial charge in [0.15, 0.2) is 0 Å². The third-order valence-electron chi connectivity index (χ3n) is 3.31. The lowest BCUT2D eigenvalue weighted by atomic mass is 9.86. The van der Waals surface area contributed by atoms with Crippen molar-refractivity contribution in [3.8, 4) is 5.19 Å². The summed E-state index contributed by atoms with van der Waals surface area (Å²) in [5.74, 6) is 0. The van der Waals surface area contributed by atoms with Gasteiger partial charge >= 0.3 is 7.12 Å². The summed E-state index contributed by atoms with van der Waals surface area (Å²) in [6.45, 7) is 4.10. The first-order valence-corrected chi connectivity index (χ1v) is 6.25. The monoisotopic (exact) mass is 277 g/mol. The van der Waals surface area contributed by atoms with Gasteiger partial charge in [-0.05, 0) is 34.1 Å². The number of ether oxygens (including phenoxy) is 1. The molecule has 4 nitrogen and oxygen atoms in total. The van der Waals surface area contributed by atoms with Crippen LogP contribution in [-0.2, 0) is 15.7 Å². The fourth-order valence-corrected chi connectivity index (χ4v) is 2.31. The molecule has 1 saturated heterocycles. The number of thiazole rings is 1. The second-order valence-corrected chi connectivity index (χ2v) is 6.00. The predicted molar refractivity (Wildman–Crippen MR) is 73.8 cm³/mol. The van der Waals surface area contributed by atoms with Gasteiger partial charge in [-0.25, -0.2) is 4.98 Å². The van der Waals surface area contributed by atoms with Crippen LogP contribution in [0.2, 0.25) is 0 Å². The topological polar surface area (TPSA) is 40.6 Å². The quantitative estimate of drug-likeness (QED) is 0.792. The molecule has 0 N–H and O–H groups in total. The lowest BCUT2D eigenvalue weighted by Crippen LogP contribution is -2.41. The van der Waals surface area contributed by atoms with Crippen LogP contribution < -0.4 is 9.51 Å². The molecule has 2 heterocycles. The third kappa shape index (κ3) is 2.17. The molecule has 0 saturated carbocycles. The fraction of sp³-hybridized carbons (Fsp3) is 0.750.